The average molecular weight is 348 g/mol. The van der Waals surface area contributed by atoms with E-state index in [1.807, 2.05) is 0 Å². The fraction of sp³-hybridized carbons (Fsp3) is 0.950. The zero-order valence-electron chi connectivity index (χ0n) is 15.9. The Kier molecular flexibility index (Phi) is 3.83. The number of guanidine groups is 1. The number of likely N-dealkylation sites (tertiary alicyclic amines) is 1. The van der Waals surface area contributed by atoms with Crippen molar-refractivity contribution in [2.24, 2.45) is 28.2 Å². The molecular weight excluding hydrogens is 314 g/mol. The number of aliphatic imine (C=N–C) groups is 1. The highest BCUT2D eigenvalue weighted by Gasteiger charge is 2.59. The third-order valence-corrected chi connectivity index (χ3v) is 7.68. The van der Waals surface area contributed by atoms with Crippen molar-refractivity contribution < 1.29 is 9.47 Å². The van der Waals surface area contributed by atoms with Gasteiger partial charge in [0, 0.05) is 55.5 Å². The Labute approximate surface area is 151 Å². The molecule has 0 radical (unpaired) electrons. The summed E-state index contributed by atoms with van der Waals surface area (Å²) >= 11 is 0. The van der Waals surface area contributed by atoms with Crippen molar-refractivity contribution in [1.29, 1.82) is 0 Å². The van der Waals surface area contributed by atoms with Crippen LogP contribution in [0.1, 0.15) is 46.5 Å². The Morgan fingerprint density at radius 1 is 1.12 bits per heavy atom. The number of nitrogens with zero attached hydrogens (tertiary/aromatic N) is 2. The van der Waals surface area contributed by atoms with Gasteiger partial charge in [-0.25, -0.2) is 0 Å². The Bertz CT molecular complexity index is 545. The number of hydrogen-bond donors (Lipinski definition) is 1. The van der Waals surface area contributed by atoms with Crippen LogP contribution in [0.15, 0.2) is 4.99 Å². The molecule has 25 heavy (non-hydrogen) atoms. The van der Waals surface area contributed by atoms with Gasteiger partial charge in [-0.05, 0) is 32.6 Å². The van der Waals surface area contributed by atoms with Gasteiger partial charge in [0.2, 0.25) is 0 Å². The molecule has 4 saturated heterocycles. The van der Waals surface area contributed by atoms with Gasteiger partial charge in [-0.1, -0.05) is 13.8 Å². The zero-order valence-corrected chi connectivity index (χ0v) is 15.9. The average Bonchev–Trinajstić information content (AvgIpc) is 3.31. The summed E-state index contributed by atoms with van der Waals surface area (Å²) in [4.78, 5) is 7.41. The van der Waals surface area contributed by atoms with Crippen molar-refractivity contribution in [3.05, 3.63) is 0 Å². The lowest BCUT2D eigenvalue weighted by Crippen LogP contribution is -2.71. The second-order valence-electron chi connectivity index (χ2n) is 9.36. The Hall–Kier alpha value is -0.810. The van der Waals surface area contributed by atoms with Crippen molar-refractivity contribution in [3.8, 4) is 0 Å². The highest BCUT2D eigenvalue weighted by molar-refractivity contribution is 5.81. The van der Waals surface area contributed by atoms with E-state index in [1.54, 1.807) is 0 Å². The largest absolute Gasteiger partial charge is 0.377 e. The topological polar surface area (TPSA) is 46.1 Å². The minimum absolute atomic E-state index is 0.192. The van der Waals surface area contributed by atoms with E-state index in [1.165, 1.54) is 25.7 Å². The van der Waals surface area contributed by atoms with Crippen LogP contribution in [0.25, 0.3) is 0 Å². The van der Waals surface area contributed by atoms with E-state index >= 15 is 0 Å². The summed E-state index contributed by atoms with van der Waals surface area (Å²) < 4.78 is 12.2. The molecule has 2 bridgehead atoms. The van der Waals surface area contributed by atoms with Gasteiger partial charge in [0.25, 0.3) is 0 Å². The SMILES string of the molecule is CCN=C(NC1C2CCCOC2C1(C)C)N1CC2C3CCC(O3)C2C1. The standard InChI is InChI=1S/C20H33N3O2/c1-4-21-19(22-17-12-6-5-9-24-18(12)20(17,2)3)23-10-13-14(11-23)16-8-7-15(13)25-16/h12-18H,4-11H2,1-3H3,(H,21,22). The van der Waals surface area contributed by atoms with Crippen LogP contribution in [-0.4, -0.2) is 61.5 Å². The fourth-order valence-corrected chi connectivity index (χ4v) is 6.47. The van der Waals surface area contributed by atoms with Crippen molar-refractivity contribution >= 4 is 5.96 Å². The molecule has 7 atom stereocenters. The molecule has 1 N–H and O–H groups in total. The predicted molar refractivity (Wildman–Crippen MR) is 97.6 cm³/mol. The number of ether oxygens (including phenoxy) is 2. The maximum Gasteiger partial charge on any atom is 0.194 e. The molecule has 1 saturated carbocycles. The van der Waals surface area contributed by atoms with Crippen molar-refractivity contribution in [3.63, 3.8) is 0 Å². The lowest BCUT2D eigenvalue weighted by molar-refractivity contribution is -0.188. The van der Waals surface area contributed by atoms with Crippen molar-refractivity contribution in [2.75, 3.05) is 26.2 Å². The summed E-state index contributed by atoms with van der Waals surface area (Å²) in [5, 5.41) is 3.88. The zero-order chi connectivity index (χ0) is 17.2. The number of fused-ring (bicyclic) bond motifs is 6. The third kappa shape index (κ3) is 2.38. The third-order valence-electron chi connectivity index (χ3n) is 7.68. The van der Waals surface area contributed by atoms with Gasteiger partial charge in [0.15, 0.2) is 5.96 Å². The molecule has 1 aliphatic carbocycles. The Balaban J connectivity index is 1.30. The van der Waals surface area contributed by atoms with Crippen LogP contribution in [0.5, 0.6) is 0 Å². The van der Waals surface area contributed by atoms with E-state index < -0.39 is 0 Å². The van der Waals surface area contributed by atoms with Crippen LogP contribution in [-0.2, 0) is 9.47 Å². The van der Waals surface area contributed by atoms with Gasteiger partial charge in [-0.2, -0.15) is 0 Å². The number of hydrogen-bond acceptors (Lipinski definition) is 3. The van der Waals surface area contributed by atoms with Crippen LogP contribution in [0, 0.1) is 23.2 Å². The van der Waals surface area contributed by atoms with Crippen LogP contribution < -0.4 is 5.32 Å². The van der Waals surface area contributed by atoms with E-state index in [9.17, 15) is 0 Å². The molecule has 4 aliphatic heterocycles. The summed E-state index contributed by atoms with van der Waals surface area (Å²) in [5.41, 5.74) is 0.192. The minimum atomic E-state index is 0.192. The summed E-state index contributed by atoms with van der Waals surface area (Å²) in [7, 11) is 0. The van der Waals surface area contributed by atoms with Crippen LogP contribution in [0.4, 0.5) is 0 Å². The summed E-state index contributed by atoms with van der Waals surface area (Å²) in [6, 6.07) is 0.483. The van der Waals surface area contributed by atoms with E-state index in [0.717, 1.165) is 44.0 Å². The quantitative estimate of drug-likeness (QED) is 0.615. The second-order valence-corrected chi connectivity index (χ2v) is 9.36. The lowest BCUT2D eigenvalue weighted by Gasteiger charge is -2.60. The predicted octanol–water partition coefficient (Wildman–Crippen LogP) is 2.26. The minimum Gasteiger partial charge on any atom is -0.377 e. The van der Waals surface area contributed by atoms with Gasteiger partial charge in [-0.3, -0.25) is 4.99 Å². The van der Waals surface area contributed by atoms with Crippen molar-refractivity contribution in [2.45, 2.75) is 70.8 Å². The molecule has 0 spiro atoms. The van der Waals surface area contributed by atoms with E-state index in [0.29, 0.717) is 30.3 Å². The maximum atomic E-state index is 6.14. The number of nitrogens with one attached hydrogen (secondary N) is 1. The molecule has 4 heterocycles. The monoisotopic (exact) mass is 347 g/mol. The molecule has 140 valence electrons. The van der Waals surface area contributed by atoms with Crippen LogP contribution in [0.3, 0.4) is 0 Å². The van der Waals surface area contributed by atoms with E-state index in [2.05, 4.69) is 31.0 Å². The van der Waals surface area contributed by atoms with Crippen LogP contribution >= 0.6 is 0 Å². The first-order chi connectivity index (χ1) is 12.1. The number of rotatable bonds is 2. The summed E-state index contributed by atoms with van der Waals surface area (Å²) in [6.45, 7) is 10.9. The molecule has 5 fully saturated rings. The van der Waals surface area contributed by atoms with E-state index in [4.69, 9.17) is 14.5 Å². The first-order valence-electron chi connectivity index (χ1n) is 10.4. The smallest absolute Gasteiger partial charge is 0.194 e. The first kappa shape index (κ1) is 16.4. The maximum absolute atomic E-state index is 6.14. The Morgan fingerprint density at radius 3 is 2.52 bits per heavy atom. The van der Waals surface area contributed by atoms with Crippen molar-refractivity contribution in [1.82, 2.24) is 10.2 Å². The second kappa shape index (κ2) is 5.85. The van der Waals surface area contributed by atoms with Gasteiger partial charge in [-0.15, -0.1) is 0 Å². The molecule has 0 aromatic heterocycles. The molecule has 5 heteroatoms. The van der Waals surface area contributed by atoms with Gasteiger partial charge >= 0.3 is 0 Å². The van der Waals surface area contributed by atoms with Gasteiger partial charge in [0.1, 0.15) is 0 Å². The molecule has 5 aliphatic rings. The van der Waals surface area contributed by atoms with E-state index in [-0.39, 0.29) is 5.41 Å². The molecule has 0 aromatic rings. The molecule has 0 aromatic carbocycles. The van der Waals surface area contributed by atoms with Crippen LogP contribution in [0.2, 0.25) is 0 Å². The normalized spacial score (nSPS) is 47.4. The Morgan fingerprint density at radius 2 is 1.84 bits per heavy atom. The van der Waals surface area contributed by atoms with Gasteiger partial charge < -0.3 is 19.7 Å². The van der Waals surface area contributed by atoms with Gasteiger partial charge in [0.05, 0.1) is 18.3 Å². The lowest BCUT2D eigenvalue weighted by atomic mass is 9.55. The molecule has 5 rings (SSSR count). The molecule has 7 unspecified atom stereocenters. The highest BCUT2D eigenvalue weighted by atomic mass is 16.5. The highest BCUT2D eigenvalue weighted by Crippen LogP contribution is 2.52. The summed E-state index contributed by atoms with van der Waals surface area (Å²) in [5.74, 6) is 3.23. The molecular formula is C20H33N3O2. The summed E-state index contributed by atoms with van der Waals surface area (Å²) in [6.07, 6.45) is 6.47. The fourth-order valence-electron chi connectivity index (χ4n) is 6.47. The molecule has 0 amide bonds. The first-order valence-corrected chi connectivity index (χ1v) is 10.4. The molecule has 5 nitrogen and oxygen atoms in total.